The molecular weight excluding hydrogens is 289 g/mol. The van der Waals surface area contributed by atoms with Gasteiger partial charge in [-0.1, -0.05) is 24.6 Å². The third kappa shape index (κ3) is 3.65. The van der Waals surface area contributed by atoms with Crippen LogP contribution in [0.2, 0.25) is 5.02 Å². The highest BCUT2D eigenvalue weighted by atomic mass is 79.9. The summed E-state index contributed by atoms with van der Waals surface area (Å²) in [5, 5.41) is 3.36. The first-order valence-corrected chi connectivity index (χ1v) is 6.15. The van der Waals surface area contributed by atoms with Gasteiger partial charge in [-0.2, -0.15) is 0 Å². The molecule has 0 saturated heterocycles. The van der Waals surface area contributed by atoms with E-state index < -0.39 is 0 Å². The molecule has 0 aliphatic rings. The van der Waals surface area contributed by atoms with Gasteiger partial charge in [0.25, 0.3) is 5.91 Å². The Morgan fingerprint density at radius 1 is 1.56 bits per heavy atom. The van der Waals surface area contributed by atoms with Gasteiger partial charge in [-0.25, -0.2) is 0 Å². The predicted molar refractivity (Wildman–Crippen MR) is 71.8 cm³/mol. The van der Waals surface area contributed by atoms with E-state index in [4.69, 9.17) is 11.6 Å². The van der Waals surface area contributed by atoms with E-state index in [1.807, 2.05) is 13.0 Å². The summed E-state index contributed by atoms with van der Waals surface area (Å²) in [6.45, 7) is 3.78. The predicted octanol–water partition coefficient (Wildman–Crippen LogP) is 4.40. The van der Waals surface area contributed by atoms with E-state index in [2.05, 4.69) is 21.2 Å². The standard InChI is InChI=1S/C12H13BrClNO/c1-3-4-8(2)12(16)15-9-5-6-10(13)11(14)7-9/h4-7H,3H2,1-2H3,(H,15,16)/b8-4-. The van der Waals surface area contributed by atoms with Crippen molar-refractivity contribution >= 4 is 39.1 Å². The van der Waals surface area contributed by atoms with Crippen molar-refractivity contribution in [3.05, 3.63) is 39.3 Å². The van der Waals surface area contributed by atoms with Gasteiger partial charge >= 0.3 is 0 Å². The number of carbonyl (C=O) groups is 1. The van der Waals surface area contributed by atoms with Gasteiger partial charge in [0.05, 0.1) is 5.02 Å². The van der Waals surface area contributed by atoms with E-state index in [1.54, 1.807) is 25.1 Å². The Morgan fingerprint density at radius 3 is 2.81 bits per heavy atom. The molecule has 1 aromatic carbocycles. The highest BCUT2D eigenvalue weighted by Crippen LogP contribution is 2.25. The average molecular weight is 303 g/mol. The monoisotopic (exact) mass is 301 g/mol. The minimum absolute atomic E-state index is 0.0970. The summed E-state index contributed by atoms with van der Waals surface area (Å²) in [5.41, 5.74) is 1.41. The maximum absolute atomic E-state index is 11.7. The van der Waals surface area contributed by atoms with Crippen LogP contribution in [0, 0.1) is 0 Å². The molecule has 1 aromatic rings. The number of halogens is 2. The third-order valence-electron chi connectivity index (χ3n) is 2.05. The van der Waals surface area contributed by atoms with Crippen molar-refractivity contribution in [2.45, 2.75) is 20.3 Å². The topological polar surface area (TPSA) is 29.1 Å². The van der Waals surface area contributed by atoms with Gasteiger partial charge in [0, 0.05) is 15.7 Å². The van der Waals surface area contributed by atoms with Crippen molar-refractivity contribution in [1.29, 1.82) is 0 Å². The van der Waals surface area contributed by atoms with E-state index in [0.29, 0.717) is 16.3 Å². The van der Waals surface area contributed by atoms with Crippen LogP contribution in [0.1, 0.15) is 20.3 Å². The second-order valence-corrected chi connectivity index (χ2v) is 4.64. The maximum atomic E-state index is 11.7. The molecule has 16 heavy (non-hydrogen) atoms. The number of hydrogen-bond donors (Lipinski definition) is 1. The summed E-state index contributed by atoms with van der Waals surface area (Å²) in [6.07, 6.45) is 2.73. The Labute approximate surface area is 109 Å². The average Bonchev–Trinajstić information content (AvgIpc) is 2.24. The molecule has 0 bridgehead atoms. The van der Waals surface area contributed by atoms with Crippen LogP contribution in [0.25, 0.3) is 0 Å². The van der Waals surface area contributed by atoms with E-state index in [-0.39, 0.29) is 5.91 Å². The normalized spacial score (nSPS) is 11.4. The maximum Gasteiger partial charge on any atom is 0.250 e. The lowest BCUT2D eigenvalue weighted by molar-refractivity contribution is -0.112. The van der Waals surface area contributed by atoms with Crippen molar-refractivity contribution in [1.82, 2.24) is 0 Å². The van der Waals surface area contributed by atoms with Crippen molar-refractivity contribution in [2.24, 2.45) is 0 Å². The summed E-state index contributed by atoms with van der Waals surface area (Å²) < 4.78 is 0.813. The van der Waals surface area contributed by atoms with Crippen molar-refractivity contribution < 1.29 is 4.79 Å². The quantitative estimate of drug-likeness (QED) is 0.824. The van der Waals surface area contributed by atoms with Gasteiger partial charge in [0.2, 0.25) is 0 Å². The third-order valence-corrected chi connectivity index (χ3v) is 3.28. The Balaban J connectivity index is 2.77. The number of amides is 1. The molecule has 0 aromatic heterocycles. The molecular formula is C12H13BrClNO. The van der Waals surface area contributed by atoms with Gasteiger partial charge in [-0.3, -0.25) is 4.79 Å². The fourth-order valence-corrected chi connectivity index (χ4v) is 1.63. The lowest BCUT2D eigenvalue weighted by Crippen LogP contribution is -2.12. The largest absolute Gasteiger partial charge is 0.322 e. The van der Waals surface area contributed by atoms with Crippen LogP contribution >= 0.6 is 27.5 Å². The van der Waals surface area contributed by atoms with E-state index in [0.717, 1.165) is 10.9 Å². The molecule has 0 fully saturated rings. The van der Waals surface area contributed by atoms with Gasteiger partial charge < -0.3 is 5.32 Å². The molecule has 2 nitrogen and oxygen atoms in total. The van der Waals surface area contributed by atoms with E-state index in [9.17, 15) is 4.79 Å². The summed E-state index contributed by atoms with van der Waals surface area (Å²) in [6, 6.07) is 5.31. The number of carbonyl (C=O) groups excluding carboxylic acids is 1. The van der Waals surface area contributed by atoms with Crippen LogP contribution in [0.4, 0.5) is 5.69 Å². The van der Waals surface area contributed by atoms with Crippen LogP contribution in [0.5, 0.6) is 0 Å². The second-order valence-electron chi connectivity index (χ2n) is 3.38. The molecule has 1 N–H and O–H groups in total. The Morgan fingerprint density at radius 2 is 2.25 bits per heavy atom. The molecule has 1 rings (SSSR count). The minimum Gasteiger partial charge on any atom is -0.322 e. The number of hydrogen-bond acceptors (Lipinski definition) is 1. The number of benzene rings is 1. The van der Waals surface area contributed by atoms with Gasteiger partial charge in [-0.15, -0.1) is 0 Å². The fourth-order valence-electron chi connectivity index (χ4n) is 1.20. The number of nitrogens with one attached hydrogen (secondary N) is 1. The summed E-state index contributed by atoms with van der Waals surface area (Å²) in [7, 11) is 0. The molecule has 1 amide bonds. The van der Waals surface area contributed by atoms with Crippen LogP contribution in [-0.2, 0) is 4.79 Å². The Bertz CT molecular complexity index is 429. The Kier molecular flexibility index (Phi) is 5.03. The van der Waals surface area contributed by atoms with Crippen molar-refractivity contribution in [2.75, 3.05) is 5.32 Å². The van der Waals surface area contributed by atoms with Crippen LogP contribution in [0.15, 0.2) is 34.3 Å². The lowest BCUT2D eigenvalue weighted by Gasteiger charge is -2.06. The fraction of sp³-hybridized carbons (Fsp3) is 0.250. The number of rotatable bonds is 3. The van der Waals surface area contributed by atoms with Crippen molar-refractivity contribution in [3.8, 4) is 0 Å². The Hall–Kier alpha value is -0.800. The molecule has 0 atom stereocenters. The number of anilines is 1. The van der Waals surface area contributed by atoms with E-state index >= 15 is 0 Å². The summed E-state index contributed by atoms with van der Waals surface area (Å²) in [5.74, 6) is -0.0970. The van der Waals surface area contributed by atoms with Gasteiger partial charge in [0.15, 0.2) is 0 Å². The highest BCUT2D eigenvalue weighted by Gasteiger charge is 2.05. The molecule has 0 spiro atoms. The lowest BCUT2D eigenvalue weighted by atomic mass is 10.2. The van der Waals surface area contributed by atoms with Gasteiger partial charge in [0.1, 0.15) is 0 Å². The zero-order valence-electron chi connectivity index (χ0n) is 9.18. The smallest absolute Gasteiger partial charge is 0.250 e. The molecule has 0 saturated carbocycles. The SMILES string of the molecule is CC/C=C(/C)C(=O)Nc1ccc(Br)c(Cl)c1. The summed E-state index contributed by atoms with van der Waals surface area (Å²) in [4.78, 5) is 11.7. The zero-order valence-corrected chi connectivity index (χ0v) is 11.5. The first-order valence-electron chi connectivity index (χ1n) is 4.97. The number of allylic oxidation sites excluding steroid dienone is 1. The molecule has 86 valence electrons. The zero-order chi connectivity index (χ0) is 12.1. The van der Waals surface area contributed by atoms with Crippen LogP contribution in [0.3, 0.4) is 0 Å². The van der Waals surface area contributed by atoms with Gasteiger partial charge in [-0.05, 0) is 47.5 Å². The first kappa shape index (κ1) is 13.3. The highest BCUT2D eigenvalue weighted by molar-refractivity contribution is 9.10. The second kappa shape index (κ2) is 6.06. The van der Waals surface area contributed by atoms with E-state index in [1.165, 1.54) is 0 Å². The molecule has 4 heteroatoms. The minimum atomic E-state index is -0.0970. The summed E-state index contributed by atoms with van der Waals surface area (Å²) >= 11 is 9.22. The molecule has 0 unspecified atom stereocenters. The molecule has 0 radical (unpaired) electrons. The van der Waals surface area contributed by atoms with Crippen LogP contribution < -0.4 is 5.32 Å². The molecule has 0 aliphatic heterocycles. The van der Waals surface area contributed by atoms with Crippen LogP contribution in [-0.4, -0.2) is 5.91 Å². The molecule has 0 aliphatic carbocycles. The molecule has 0 heterocycles. The van der Waals surface area contributed by atoms with Crippen molar-refractivity contribution in [3.63, 3.8) is 0 Å². The first-order chi connectivity index (χ1) is 7.54.